The Morgan fingerprint density at radius 3 is 1.94 bits per heavy atom. The molecule has 0 bridgehead atoms. The fourth-order valence-corrected chi connectivity index (χ4v) is 3.65. The van der Waals surface area contributed by atoms with Crippen LogP contribution in [0.3, 0.4) is 0 Å². The largest absolute Gasteiger partial charge is 0.416 e. The molecule has 11 heteroatoms. The molecule has 0 radical (unpaired) electrons. The lowest BCUT2D eigenvalue weighted by molar-refractivity contribution is -0.143. The molecule has 0 aliphatic carbocycles. The smallest absolute Gasteiger partial charge is 0.350 e. The fraction of sp³-hybridized carbons (Fsp3) is 0.0833. The zero-order valence-corrected chi connectivity index (χ0v) is 18.1. The van der Waals surface area contributed by atoms with Crippen molar-refractivity contribution in [3.05, 3.63) is 99.7 Å². The second-order valence-electron chi connectivity index (χ2n) is 7.51. The Balaban J connectivity index is 1.82. The van der Waals surface area contributed by atoms with Crippen molar-refractivity contribution in [1.82, 2.24) is 4.98 Å². The van der Waals surface area contributed by atoms with E-state index in [0.29, 0.717) is 22.7 Å². The van der Waals surface area contributed by atoms with Gasteiger partial charge in [-0.25, -0.2) is 0 Å². The molecule has 0 saturated carbocycles. The van der Waals surface area contributed by atoms with Crippen LogP contribution in [0.25, 0.3) is 10.9 Å². The van der Waals surface area contributed by atoms with Gasteiger partial charge in [-0.15, -0.1) is 0 Å². The predicted molar refractivity (Wildman–Crippen MR) is 118 cm³/mol. The van der Waals surface area contributed by atoms with Gasteiger partial charge in [-0.05, 0) is 36.4 Å². The molecule has 1 amide bonds. The Labute approximate surface area is 198 Å². The summed E-state index contributed by atoms with van der Waals surface area (Å²) >= 11 is 5.99. The number of halogens is 7. The van der Waals surface area contributed by atoms with Gasteiger partial charge in [0.1, 0.15) is 5.69 Å². The van der Waals surface area contributed by atoms with Crippen LogP contribution in [0.5, 0.6) is 0 Å². The number of aromatic amines is 1. The van der Waals surface area contributed by atoms with E-state index in [9.17, 15) is 35.9 Å². The van der Waals surface area contributed by atoms with Gasteiger partial charge in [-0.3, -0.25) is 9.59 Å². The summed E-state index contributed by atoms with van der Waals surface area (Å²) in [6.45, 7) is 0. The Hall–Kier alpha value is -3.79. The second kappa shape index (κ2) is 8.77. The monoisotopic (exact) mass is 510 g/mol. The van der Waals surface area contributed by atoms with E-state index in [1.54, 1.807) is 18.2 Å². The normalized spacial score (nSPS) is 12.1. The Morgan fingerprint density at radius 1 is 0.771 bits per heavy atom. The zero-order valence-electron chi connectivity index (χ0n) is 17.3. The van der Waals surface area contributed by atoms with Crippen molar-refractivity contribution in [3.63, 3.8) is 0 Å². The van der Waals surface area contributed by atoms with Gasteiger partial charge < -0.3 is 10.3 Å². The molecule has 0 atom stereocenters. The number of carbonyl (C=O) groups excluding carboxylic acids is 2. The molecule has 0 aliphatic rings. The molecule has 0 saturated heterocycles. The number of hydrogen-bond acceptors (Lipinski definition) is 2. The van der Waals surface area contributed by atoms with Crippen LogP contribution < -0.4 is 5.32 Å². The van der Waals surface area contributed by atoms with E-state index in [1.807, 2.05) is 0 Å². The van der Waals surface area contributed by atoms with Gasteiger partial charge in [0.15, 0.2) is 0 Å². The molecule has 1 heterocycles. The van der Waals surface area contributed by atoms with E-state index >= 15 is 0 Å². The fourth-order valence-electron chi connectivity index (χ4n) is 3.48. The zero-order chi connectivity index (χ0) is 25.5. The highest BCUT2D eigenvalue weighted by molar-refractivity contribution is 6.31. The maximum atomic E-state index is 13.2. The van der Waals surface area contributed by atoms with Gasteiger partial charge in [-0.2, -0.15) is 26.3 Å². The van der Waals surface area contributed by atoms with Gasteiger partial charge in [0, 0.05) is 27.1 Å². The van der Waals surface area contributed by atoms with E-state index in [2.05, 4.69) is 10.3 Å². The molecule has 1 aromatic heterocycles. The number of H-pyrrole nitrogens is 1. The lowest BCUT2D eigenvalue weighted by Crippen LogP contribution is -2.18. The Kier molecular flexibility index (Phi) is 6.10. The molecule has 0 aliphatic heterocycles. The van der Waals surface area contributed by atoms with Gasteiger partial charge >= 0.3 is 12.4 Å². The molecule has 0 unspecified atom stereocenters. The van der Waals surface area contributed by atoms with Gasteiger partial charge in [0.05, 0.1) is 16.8 Å². The number of alkyl halides is 6. The number of hydrogen-bond donors (Lipinski definition) is 2. The van der Waals surface area contributed by atoms with Crippen molar-refractivity contribution in [3.8, 4) is 0 Å². The summed E-state index contributed by atoms with van der Waals surface area (Å²) in [6, 6.07) is 12.8. The SMILES string of the molecule is O=C(Nc1c(C(=O)c2ccccc2)[nH]c2cc(Cl)ccc12)c1cc(C(F)(F)F)cc(C(F)(F)F)c1. The van der Waals surface area contributed by atoms with E-state index in [1.165, 1.54) is 30.3 Å². The number of ketones is 1. The standard InChI is InChI=1S/C24H13ClF6N2O2/c25-16-6-7-17-18(11-16)32-20(21(34)12-4-2-1-3-5-12)19(17)33-22(35)13-8-14(23(26,27)28)10-15(9-13)24(29,30)31/h1-11,32H,(H,33,35). The van der Waals surface area contributed by atoms with Crippen molar-refractivity contribution in [2.45, 2.75) is 12.4 Å². The topological polar surface area (TPSA) is 62.0 Å². The van der Waals surface area contributed by atoms with Crippen LogP contribution in [0.4, 0.5) is 32.0 Å². The number of benzene rings is 3. The van der Waals surface area contributed by atoms with Crippen molar-refractivity contribution < 1.29 is 35.9 Å². The van der Waals surface area contributed by atoms with Crippen LogP contribution in [-0.4, -0.2) is 16.7 Å². The van der Waals surface area contributed by atoms with Gasteiger partial charge in [-0.1, -0.05) is 41.9 Å². The molecule has 180 valence electrons. The first-order valence-corrected chi connectivity index (χ1v) is 10.2. The predicted octanol–water partition coefficient (Wildman–Crippen LogP) is 7.34. The molecular formula is C24H13ClF6N2O2. The highest BCUT2D eigenvalue weighted by atomic mass is 35.5. The highest BCUT2D eigenvalue weighted by Gasteiger charge is 2.37. The minimum Gasteiger partial charge on any atom is -0.350 e. The molecule has 0 spiro atoms. The van der Waals surface area contributed by atoms with Crippen molar-refractivity contribution >= 4 is 39.9 Å². The second-order valence-corrected chi connectivity index (χ2v) is 7.95. The summed E-state index contributed by atoms with van der Waals surface area (Å²) in [4.78, 5) is 28.8. The summed E-state index contributed by atoms with van der Waals surface area (Å²) in [7, 11) is 0. The van der Waals surface area contributed by atoms with E-state index in [4.69, 9.17) is 11.6 Å². The maximum absolute atomic E-state index is 13.2. The molecular weight excluding hydrogens is 498 g/mol. The number of carbonyl (C=O) groups is 2. The first-order valence-electron chi connectivity index (χ1n) is 9.86. The lowest BCUT2D eigenvalue weighted by atomic mass is 10.0. The molecule has 4 rings (SSSR count). The third-order valence-electron chi connectivity index (χ3n) is 5.11. The van der Waals surface area contributed by atoms with Crippen LogP contribution >= 0.6 is 11.6 Å². The maximum Gasteiger partial charge on any atom is 0.416 e. The number of rotatable bonds is 4. The molecule has 3 aromatic carbocycles. The van der Waals surface area contributed by atoms with Crippen LogP contribution in [0.15, 0.2) is 66.7 Å². The van der Waals surface area contributed by atoms with Crippen LogP contribution in [0.2, 0.25) is 5.02 Å². The van der Waals surface area contributed by atoms with Crippen molar-refractivity contribution in [2.75, 3.05) is 5.32 Å². The van der Waals surface area contributed by atoms with Crippen LogP contribution in [0.1, 0.15) is 37.5 Å². The van der Waals surface area contributed by atoms with Crippen molar-refractivity contribution in [1.29, 1.82) is 0 Å². The summed E-state index contributed by atoms with van der Waals surface area (Å²) in [5.41, 5.74) is -3.82. The van der Waals surface area contributed by atoms with E-state index < -0.39 is 40.7 Å². The molecule has 4 aromatic rings. The Bertz CT molecular complexity index is 1410. The van der Waals surface area contributed by atoms with Gasteiger partial charge in [0.2, 0.25) is 5.78 Å². The first-order chi connectivity index (χ1) is 16.3. The Morgan fingerprint density at radius 2 is 1.37 bits per heavy atom. The van der Waals surface area contributed by atoms with Crippen LogP contribution in [-0.2, 0) is 12.4 Å². The minimum absolute atomic E-state index is 0.0746. The third kappa shape index (κ3) is 5.02. The lowest BCUT2D eigenvalue weighted by Gasteiger charge is -2.14. The van der Waals surface area contributed by atoms with Crippen molar-refractivity contribution in [2.24, 2.45) is 0 Å². The van der Waals surface area contributed by atoms with Crippen LogP contribution in [0, 0.1) is 0 Å². The number of amides is 1. The number of anilines is 1. The minimum atomic E-state index is -5.12. The average molecular weight is 511 g/mol. The average Bonchev–Trinajstić information content (AvgIpc) is 3.14. The van der Waals surface area contributed by atoms with E-state index in [-0.39, 0.29) is 28.4 Å². The molecule has 35 heavy (non-hydrogen) atoms. The number of nitrogens with one attached hydrogen (secondary N) is 2. The third-order valence-corrected chi connectivity index (χ3v) is 5.35. The summed E-state index contributed by atoms with van der Waals surface area (Å²) in [6.07, 6.45) is -10.2. The summed E-state index contributed by atoms with van der Waals surface area (Å²) < 4.78 is 79.3. The van der Waals surface area contributed by atoms with E-state index in [0.717, 1.165) is 0 Å². The highest BCUT2D eigenvalue weighted by Crippen LogP contribution is 2.37. The van der Waals surface area contributed by atoms with Gasteiger partial charge in [0.25, 0.3) is 5.91 Å². The first kappa shape index (κ1) is 24.3. The number of fused-ring (bicyclic) bond motifs is 1. The summed E-state index contributed by atoms with van der Waals surface area (Å²) in [5, 5.41) is 2.89. The quantitative estimate of drug-likeness (QED) is 0.223. The summed E-state index contributed by atoms with van der Waals surface area (Å²) in [5.74, 6) is -1.83. The molecule has 2 N–H and O–H groups in total. The molecule has 4 nitrogen and oxygen atoms in total. The molecule has 0 fully saturated rings. The number of aromatic nitrogens is 1.